The zero-order chi connectivity index (χ0) is 15.2. The van der Waals surface area contributed by atoms with E-state index in [1.54, 1.807) is 36.5 Å². The maximum Gasteiger partial charge on any atom is 0.326 e. The highest BCUT2D eigenvalue weighted by atomic mass is 16.5. The molecule has 2 N–H and O–H groups in total. The Bertz CT molecular complexity index is 652. The summed E-state index contributed by atoms with van der Waals surface area (Å²) in [6, 6.07) is 7.69. The molecule has 0 fully saturated rings. The summed E-state index contributed by atoms with van der Waals surface area (Å²) < 4.78 is 4.86. The lowest BCUT2D eigenvalue weighted by Crippen LogP contribution is -2.41. The van der Waals surface area contributed by atoms with Crippen LogP contribution in [0.25, 0.3) is 10.9 Å². The molecule has 0 aliphatic rings. The second-order valence-corrected chi connectivity index (χ2v) is 4.52. The van der Waals surface area contributed by atoms with Gasteiger partial charge in [0.05, 0.1) is 5.52 Å². The molecule has 0 aliphatic carbocycles. The standard InChI is InChI=1S/C15H16N2O4/c1-21-9-7-13(15(19)20)17-14(18)11-4-2-6-12-10(11)5-3-8-16-12/h2-6,8,13H,7,9H2,1H3,(H,17,18)(H,19,20). The summed E-state index contributed by atoms with van der Waals surface area (Å²) in [5.41, 5.74) is 1.10. The van der Waals surface area contributed by atoms with Crippen LogP contribution in [0.2, 0.25) is 0 Å². The zero-order valence-electron chi connectivity index (χ0n) is 11.6. The van der Waals surface area contributed by atoms with Crippen molar-refractivity contribution in [3.8, 4) is 0 Å². The molecule has 0 spiro atoms. The molecule has 2 rings (SSSR count). The van der Waals surface area contributed by atoms with E-state index in [2.05, 4.69) is 10.3 Å². The first kappa shape index (κ1) is 14.9. The number of pyridine rings is 1. The van der Waals surface area contributed by atoms with Gasteiger partial charge in [0.2, 0.25) is 0 Å². The zero-order valence-corrected chi connectivity index (χ0v) is 11.6. The lowest BCUT2D eigenvalue weighted by atomic mass is 10.1. The Hall–Kier alpha value is -2.47. The number of carboxylic acid groups (broad SMARTS) is 1. The van der Waals surface area contributed by atoms with Crippen LogP contribution in [-0.2, 0) is 9.53 Å². The lowest BCUT2D eigenvalue weighted by Gasteiger charge is -2.14. The van der Waals surface area contributed by atoms with Gasteiger partial charge in [0, 0.05) is 37.3 Å². The second-order valence-electron chi connectivity index (χ2n) is 4.52. The fourth-order valence-electron chi connectivity index (χ4n) is 2.03. The molecule has 0 bridgehead atoms. The van der Waals surface area contributed by atoms with Crippen molar-refractivity contribution in [3.05, 3.63) is 42.1 Å². The average Bonchev–Trinajstić information content (AvgIpc) is 2.50. The van der Waals surface area contributed by atoms with Crippen molar-refractivity contribution in [2.75, 3.05) is 13.7 Å². The van der Waals surface area contributed by atoms with Gasteiger partial charge in [0.1, 0.15) is 6.04 Å². The summed E-state index contributed by atoms with van der Waals surface area (Å²) in [4.78, 5) is 27.6. The molecule has 6 nitrogen and oxygen atoms in total. The number of fused-ring (bicyclic) bond motifs is 1. The van der Waals surface area contributed by atoms with Crippen LogP contribution in [0.1, 0.15) is 16.8 Å². The smallest absolute Gasteiger partial charge is 0.326 e. The van der Waals surface area contributed by atoms with Crippen molar-refractivity contribution in [1.82, 2.24) is 10.3 Å². The van der Waals surface area contributed by atoms with E-state index in [1.807, 2.05) is 0 Å². The summed E-state index contributed by atoms with van der Waals surface area (Å²) in [7, 11) is 1.48. The average molecular weight is 288 g/mol. The maximum absolute atomic E-state index is 12.3. The number of carbonyl (C=O) groups excluding carboxylic acids is 1. The van der Waals surface area contributed by atoms with Crippen LogP contribution < -0.4 is 5.32 Å². The summed E-state index contributed by atoms with van der Waals surface area (Å²) >= 11 is 0. The Morgan fingerprint density at radius 1 is 1.33 bits per heavy atom. The second kappa shape index (κ2) is 6.81. The molecule has 1 heterocycles. The number of aliphatic carboxylic acids is 1. The van der Waals surface area contributed by atoms with Crippen LogP contribution in [0.5, 0.6) is 0 Å². The molecule has 0 saturated carbocycles. The highest BCUT2D eigenvalue weighted by Gasteiger charge is 2.21. The molecule has 0 saturated heterocycles. The van der Waals surface area contributed by atoms with E-state index in [-0.39, 0.29) is 13.0 Å². The molecular formula is C15H16N2O4. The van der Waals surface area contributed by atoms with Crippen LogP contribution in [0.15, 0.2) is 36.5 Å². The lowest BCUT2D eigenvalue weighted by molar-refractivity contribution is -0.139. The minimum atomic E-state index is -1.08. The van der Waals surface area contributed by atoms with Gasteiger partial charge in [-0.3, -0.25) is 9.78 Å². The predicted molar refractivity (Wildman–Crippen MR) is 77.1 cm³/mol. The first-order valence-electron chi connectivity index (χ1n) is 6.50. The summed E-state index contributed by atoms with van der Waals surface area (Å²) in [6.45, 7) is 0.258. The van der Waals surface area contributed by atoms with E-state index in [0.29, 0.717) is 16.5 Å². The minimum absolute atomic E-state index is 0.209. The molecule has 6 heteroatoms. The summed E-state index contributed by atoms with van der Waals surface area (Å²) in [5.74, 6) is -1.52. The number of carboxylic acids is 1. The van der Waals surface area contributed by atoms with E-state index >= 15 is 0 Å². The van der Waals surface area contributed by atoms with E-state index in [1.165, 1.54) is 7.11 Å². The molecule has 2 aromatic rings. The number of nitrogens with one attached hydrogen (secondary N) is 1. The monoisotopic (exact) mass is 288 g/mol. The van der Waals surface area contributed by atoms with E-state index in [0.717, 1.165) is 0 Å². The van der Waals surface area contributed by atoms with Crippen molar-refractivity contribution >= 4 is 22.8 Å². The molecule has 1 unspecified atom stereocenters. The number of ether oxygens (including phenoxy) is 1. The van der Waals surface area contributed by atoms with Crippen LogP contribution in [0, 0.1) is 0 Å². The predicted octanol–water partition coefficient (Wildman–Crippen LogP) is 1.45. The van der Waals surface area contributed by atoms with Crippen molar-refractivity contribution < 1.29 is 19.4 Å². The molecule has 110 valence electrons. The molecule has 1 aromatic heterocycles. The van der Waals surface area contributed by atoms with Gasteiger partial charge in [-0.05, 0) is 18.2 Å². The molecular weight excluding hydrogens is 272 g/mol. The summed E-state index contributed by atoms with van der Waals surface area (Å²) in [5, 5.41) is 12.3. The highest BCUT2D eigenvalue weighted by molar-refractivity contribution is 6.07. The Morgan fingerprint density at radius 3 is 2.86 bits per heavy atom. The minimum Gasteiger partial charge on any atom is -0.480 e. The Morgan fingerprint density at radius 2 is 2.14 bits per heavy atom. The first-order valence-corrected chi connectivity index (χ1v) is 6.50. The molecule has 0 aliphatic heterocycles. The maximum atomic E-state index is 12.3. The number of rotatable bonds is 6. The number of carbonyl (C=O) groups is 2. The normalized spacial score (nSPS) is 12.0. The fourth-order valence-corrected chi connectivity index (χ4v) is 2.03. The third kappa shape index (κ3) is 3.55. The number of methoxy groups -OCH3 is 1. The molecule has 1 amide bonds. The van der Waals surface area contributed by atoms with Crippen LogP contribution in [0.4, 0.5) is 0 Å². The molecule has 21 heavy (non-hydrogen) atoms. The quantitative estimate of drug-likeness (QED) is 0.840. The van der Waals surface area contributed by atoms with E-state index in [4.69, 9.17) is 9.84 Å². The van der Waals surface area contributed by atoms with Crippen molar-refractivity contribution in [2.24, 2.45) is 0 Å². The van der Waals surface area contributed by atoms with Gasteiger partial charge in [-0.1, -0.05) is 12.1 Å². The van der Waals surface area contributed by atoms with Gasteiger partial charge in [-0.25, -0.2) is 4.79 Å². The number of hydrogen-bond acceptors (Lipinski definition) is 4. The van der Waals surface area contributed by atoms with Gasteiger partial charge in [-0.15, -0.1) is 0 Å². The largest absolute Gasteiger partial charge is 0.480 e. The number of aromatic nitrogens is 1. The number of amides is 1. The van der Waals surface area contributed by atoms with Crippen LogP contribution in [-0.4, -0.2) is 41.7 Å². The molecule has 1 aromatic carbocycles. The number of nitrogens with zero attached hydrogens (tertiary/aromatic N) is 1. The van der Waals surface area contributed by atoms with Gasteiger partial charge in [-0.2, -0.15) is 0 Å². The van der Waals surface area contributed by atoms with Gasteiger partial charge in [0.25, 0.3) is 5.91 Å². The van der Waals surface area contributed by atoms with Gasteiger partial charge >= 0.3 is 5.97 Å². The van der Waals surface area contributed by atoms with Crippen molar-refractivity contribution in [2.45, 2.75) is 12.5 Å². The number of benzene rings is 1. The van der Waals surface area contributed by atoms with Gasteiger partial charge in [0.15, 0.2) is 0 Å². The van der Waals surface area contributed by atoms with Crippen LogP contribution in [0.3, 0.4) is 0 Å². The van der Waals surface area contributed by atoms with E-state index < -0.39 is 17.9 Å². The number of hydrogen-bond donors (Lipinski definition) is 2. The third-order valence-corrected chi connectivity index (χ3v) is 3.10. The topological polar surface area (TPSA) is 88.5 Å². The Kier molecular flexibility index (Phi) is 4.84. The Labute approximate surface area is 121 Å². The van der Waals surface area contributed by atoms with Gasteiger partial charge < -0.3 is 15.2 Å². The van der Waals surface area contributed by atoms with Crippen molar-refractivity contribution in [1.29, 1.82) is 0 Å². The van der Waals surface area contributed by atoms with Crippen LogP contribution >= 0.6 is 0 Å². The molecule has 0 radical (unpaired) electrons. The Balaban J connectivity index is 2.23. The first-order chi connectivity index (χ1) is 10.1. The molecule has 1 atom stereocenters. The summed E-state index contributed by atoms with van der Waals surface area (Å²) in [6.07, 6.45) is 1.85. The van der Waals surface area contributed by atoms with Crippen molar-refractivity contribution in [3.63, 3.8) is 0 Å². The fraction of sp³-hybridized carbons (Fsp3) is 0.267. The highest BCUT2D eigenvalue weighted by Crippen LogP contribution is 2.16. The van der Waals surface area contributed by atoms with E-state index in [9.17, 15) is 9.59 Å². The third-order valence-electron chi connectivity index (χ3n) is 3.10. The SMILES string of the molecule is COCCC(NC(=O)c1cccc2ncccc12)C(=O)O.